The number of fused-ring (bicyclic) bond motifs is 1. The minimum atomic E-state index is -4.80. The maximum Gasteiger partial charge on any atom is 0.573 e. The molecule has 8 nitrogen and oxygen atoms in total. The van der Waals surface area contributed by atoms with Crippen LogP contribution in [0.4, 0.5) is 18.3 Å². The van der Waals surface area contributed by atoms with E-state index in [0.29, 0.717) is 23.2 Å². The molecule has 28 heavy (non-hydrogen) atoms. The molecule has 1 aromatic heterocycles. The van der Waals surface area contributed by atoms with E-state index in [1.165, 1.54) is 12.1 Å². The van der Waals surface area contributed by atoms with E-state index in [0.717, 1.165) is 17.4 Å². The molecule has 1 aliphatic heterocycles. The first kappa shape index (κ1) is 20.0. The first-order valence-corrected chi connectivity index (χ1v) is 9.00. The molecule has 0 radical (unpaired) electrons. The Kier molecular flexibility index (Phi) is 5.79. The first-order valence-electron chi connectivity index (χ1n) is 8.18. The Morgan fingerprint density at radius 2 is 2.14 bits per heavy atom. The number of rotatable bonds is 5. The lowest BCUT2D eigenvalue weighted by Crippen LogP contribution is -2.50. The monoisotopic (exact) mass is 416 g/mol. The van der Waals surface area contributed by atoms with Gasteiger partial charge in [-0.1, -0.05) is 11.3 Å². The molecule has 0 bridgehead atoms. The smallest absolute Gasteiger partial charge is 0.406 e. The van der Waals surface area contributed by atoms with Crippen molar-refractivity contribution in [2.45, 2.75) is 25.2 Å². The van der Waals surface area contributed by atoms with Crippen LogP contribution in [0.25, 0.3) is 10.2 Å². The van der Waals surface area contributed by atoms with Crippen LogP contribution in [0.3, 0.4) is 0 Å². The van der Waals surface area contributed by atoms with E-state index in [9.17, 15) is 27.6 Å². The van der Waals surface area contributed by atoms with Crippen LogP contribution in [0.2, 0.25) is 0 Å². The van der Waals surface area contributed by atoms with Gasteiger partial charge in [0.2, 0.25) is 11.8 Å². The number of anilines is 1. The van der Waals surface area contributed by atoms with Gasteiger partial charge in [0.1, 0.15) is 11.5 Å². The van der Waals surface area contributed by atoms with Crippen LogP contribution in [0.1, 0.15) is 12.8 Å². The Labute approximate surface area is 160 Å². The van der Waals surface area contributed by atoms with Crippen molar-refractivity contribution in [3.05, 3.63) is 18.2 Å². The van der Waals surface area contributed by atoms with Crippen molar-refractivity contribution >= 4 is 44.3 Å². The van der Waals surface area contributed by atoms with Gasteiger partial charge in [-0.25, -0.2) is 4.98 Å². The van der Waals surface area contributed by atoms with Gasteiger partial charge in [0.05, 0.1) is 22.8 Å². The number of benzene rings is 1. The van der Waals surface area contributed by atoms with Gasteiger partial charge in [0.15, 0.2) is 5.13 Å². The maximum atomic E-state index is 12.3. The molecule has 150 valence electrons. The third-order valence-corrected chi connectivity index (χ3v) is 4.74. The maximum absolute atomic E-state index is 12.3. The molecule has 2 amide bonds. The van der Waals surface area contributed by atoms with Crippen molar-refractivity contribution < 1.29 is 32.3 Å². The average molecular weight is 416 g/mol. The molecule has 0 aliphatic carbocycles. The second kappa shape index (κ2) is 8.10. The Balaban J connectivity index is 1.55. The van der Waals surface area contributed by atoms with Crippen molar-refractivity contribution in [2.75, 3.05) is 18.4 Å². The zero-order valence-corrected chi connectivity index (χ0v) is 15.1. The molecule has 2 aromatic rings. The molecule has 3 rings (SSSR count). The molecule has 1 unspecified atom stereocenters. The molecule has 1 fully saturated rings. The first-order chi connectivity index (χ1) is 13.2. The minimum absolute atomic E-state index is 0.0216. The molecule has 12 heteroatoms. The fourth-order valence-electron chi connectivity index (χ4n) is 2.58. The Bertz CT molecular complexity index is 915. The van der Waals surface area contributed by atoms with Gasteiger partial charge in [-0.15, -0.1) is 13.2 Å². The predicted molar refractivity (Wildman–Crippen MR) is 94.0 cm³/mol. The predicted octanol–water partition coefficient (Wildman–Crippen LogP) is 1.57. The quantitative estimate of drug-likeness (QED) is 0.683. The van der Waals surface area contributed by atoms with Crippen LogP contribution < -0.4 is 20.7 Å². The highest BCUT2D eigenvalue weighted by molar-refractivity contribution is 7.22. The molecule has 0 spiro atoms. The van der Waals surface area contributed by atoms with E-state index in [1.807, 2.05) is 0 Å². The van der Waals surface area contributed by atoms with Gasteiger partial charge in [-0.2, -0.15) is 0 Å². The number of Topliss-reactive ketones (excluding diaryl/α,β-unsaturated/α-hetero) is 1. The van der Waals surface area contributed by atoms with E-state index in [4.69, 9.17) is 0 Å². The third-order valence-electron chi connectivity index (χ3n) is 3.81. The molecular weight excluding hydrogens is 401 g/mol. The number of hydrogen-bond acceptors (Lipinski definition) is 7. The molecule has 1 saturated heterocycles. The Morgan fingerprint density at radius 3 is 2.86 bits per heavy atom. The van der Waals surface area contributed by atoms with Crippen LogP contribution in [0, 0.1) is 0 Å². The zero-order chi connectivity index (χ0) is 20.3. The van der Waals surface area contributed by atoms with E-state index >= 15 is 0 Å². The highest BCUT2D eigenvalue weighted by atomic mass is 32.1. The number of carbonyl (C=O) groups is 3. The van der Waals surface area contributed by atoms with Crippen molar-refractivity contribution in [3.8, 4) is 5.75 Å². The summed E-state index contributed by atoms with van der Waals surface area (Å²) in [5.41, 5.74) is 0.392. The van der Waals surface area contributed by atoms with E-state index in [1.54, 1.807) is 0 Å². The molecular formula is C16H15F3N4O4S. The number of ketones is 1. The summed E-state index contributed by atoms with van der Waals surface area (Å²) < 4.78 is 41.1. The topological polar surface area (TPSA) is 109 Å². The van der Waals surface area contributed by atoms with Crippen LogP contribution in [0.5, 0.6) is 5.75 Å². The molecule has 0 saturated carbocycles. The number of thiazole rings is 1. The Morgan fingerprint density at radius 1 is 1.36 bits per heavy atom. The number of aromatic nitrogens is 1. The number of ether oxygens (including phenoxy) is 1. The van der Waals surface area contributed by atoms with Crippen LogP contribution in [-0.2, 0) is 14.4 Å². The standard InChI is InChI=1S/C16H15F3N4O4S/c17-16(18,19)27-9-1-2-10-12(6-9)28-15(22-10)23-13(25)7-21-14(26)11-5-8(24)3-4-20-11/h1-2,6,11,20H,3-5,7H2,(H,21,26)(H,22,23,25). The average Bonchev–Trinajstić information content (AvgIpc) is 2.99. The normalized spacial score (nSPS) is 17.4. The van der Waals surface area contributed by atoms with Gasteiger partial charge in [0, 0.05) is 25.5 Å². The van der Waals surface area contributed by atoms with Crippen molar-refractivity contribution in [1.82, 2.24) is 15.6 Å². The summed E-state index contributed by atoms with van der Waals surface area (Å²) >= 11 is 0.968. The number of amides is 2. The second-order valence-electron chi connectivity index (χ2n) is 5.96. The lowest BCUT2D eigenvalue weighted by Gasteiger charge is -2.21. The summed E-state index contributed by atoms with van der Waals surface area (Å²) in [5.74, 6) is -1.42. The SMILES string of the molecule is O=C1CCNC(C(=O)NCC(=O)Nc2nc3ccc(OC(F)(F)F)cc3s2)C1. The summed E-state index contributed by atoms with van der Waals surface area (Å²) in [6.07, 6.45) is -4.35. The fourth-order valence-corrected chi connectivity index (χ4v) is 3.49. The lowest BCUT2D eigenvalue weighted by atomic mass is 10.0. The summed E-state index contributed by atoms with van der Waals surface area (Å²) in [5, 5.41) is 7.96. The van der Waals surface area contributed by atoms with Crippen molar-refractivity contribution in [2.24, 2.45) is 0 Å². The molecule has 1 atom stereocenters. The second-order valence-corrected chi connectivity index (χ2v) is 6.99. The van der Waals surface area contributed by atoms with Gasteiger partial charge >= 0.3 is 6.36 Å². The Hall–Kier alpha value is -2.73. The number of piperidine rings is 1. The van der Waals surface area contributed by atoms with Crippen molar-refractivity contribution in [1.29, 1.82) is 0 Å². The number of halogens is 3. The van der Waals surface area contributed by atoms with Gasteiger partial charge in [0.25, 0.3) is 0 Å². The van der Waals surface area contributed by atoms with E-state index in [2.05, 4.69) is 25.7 Å². The summed E-state index contributed by atoms with van der Waals surface area (Å²) in [6, 6.07) is 2.98. The van der Waals surface area contributed by atoms with Gasteiger partial charge < -0.3 is 20.7 Å². The van der Waals surface area contributed by atoms with E-state index < -0.39 is 24.2 Å². The van der Waals surface area contributed by atoms with Crippen LogP contribution in [0.15, 0.2) is 18.2 Å². The fraction of sp³-hybridized carbons (Fsp3) is 0.375. The highest BCUT2D eigenvalue weighted by Gasteiger charge is 2.31. The number of nitrogens with one attached hydrogen (secondary N) is 3. The molecule has 1 aromatic carbocycles. The molecule has 1 aliphatic rings. The minimum Gasteiger partial charge on any atom is -0.406 e. The third kappa shape index (κ3) is 5.39. The lowest BCUT2D eigenvalue weighted by molar-refractivity contribution is -0.274. The highest BCUT2D eigenvalue weighted by Crippen LogP contribution is 2.31. The molecule has 3 N–H and O–H groups in total. The summed E-state index contributed by atoms with van der Waals surface area (Å²) in [4.78, 5) is 39.4. The number of nitrogens with zero attached hydrogens (tertiary/aromatic N) is 1. The number of hydrogen-bond donors (Lipinski definition) is 3. The van der Waals surface area contributed by atoms with Crippen molar-refractivity contribution in [3.63, 3.8) is 0 Å². The number of alkyl halides is 3. The van der Waals surface area contributed by atoms with Gasteiger partial charge in [-0.05, 0) is 12.1 Å². The largest absolute Gasteiger partial charge is 0.573 e. The summed E-state index contributed by atoms with van der Waals surface area (Å²) in [6.45, 7) is 0.0818. The number of carbonyl (C=O) groups excluding carboxylic acids is 3. The van der Waals surface area contributed by atoms with Crippen LogP contribution >= 0.6 is 11.3 Å². The van der Waals surface area contributed by atoms with E-state index in [-0.39, 0.29) is 29.6 Å². The summed E-state index contributed by atoms with van der Waals surface area (Å²) in [7, 11) is 0. The molecule has 2 heterocycles. The van der Waals surface area contributed by atoms with Crippen LogP contribution in [-0.4, -0.2) is 48.1 Å². The van der Waals surface area contributed by atoms with Gasteiger partial charge in [-0.3, -0.25) is 14.4 Å². The zero-order valence-electron chi connectivity index (χ0n) is 14.3.